The molecule has 2 heterocycles. The summed E-state index contributed by atoms with van der Waals surface area (Å²) in [6.07, 6.45) is -3.52. The van der Waals surface area contributed by atoms with Crippen LogP contribution in [0.1, 0.15) is 12.5 Å². The molecular formula is C16H22ClF3N2O2Si. The molecule has 0 amide bonds. The number of aromatic nitrogens is 2. The second-order valence-corrected chi connectivity index (χ2v) is 12.9. The molecule has 0 aliphatic rings. The van der Waals surface area contributed by atoms with Crippen LogP contribution in [0.5, 0.6) is 5.75 Å². The third kappa shape index (κ3) is 5.12. The number of hydrogen-bond acceptors (Lipinski definition) is 3. The van der Waals surface area contributed by atoms with Gasteiger partial charge in [-0.25, -0.2) is 4.98 Å². The van der Waals surface area contributed by atoms with Gasteiger partial charge < -0.3 is 14.0 Å². The lowest BCUT2D eigenvalue weighted by Crippen LogP contribution is -2.22. The van der Waals surface area contributed by atoms with Gasteiger partial charge in [0.2, 0.25) is 0 Å². The van der Waals surface area contributed by atoms with Crippen LogP contribution in [0.2, 0.25) is 30.8 Å². The van der Waals surface area contributed by atoms with Crippen LogP contribution < -0.4 is 4.74 Å². The number of alkyl halides is 3. The molecule has 2 aromatic heterocycles. The molecule has 0 unspecified atom stereocenters. The fourth-order valence-corrected chi connectivity index (χ4v) is 3.28. The molecule has 0 saturated heterocycles. The van der Waals surface area contributed by atoms with E-state index in [4.69, 9.17) is 21.1 Å². The fraction of sp³-hybridized carbons (Fsp3) is 0.562. The first-order valence-corrected chi connectivity index (χ1v) is 12.1. The van der Waals surface area contributed by atoms with E-state index >= 15 is 0 Å². The summed E-state index contributed by atoms with van der Waals surface area (Å²) in [5.41, 5.74) is -0.694. The molecule has 0 aliphatic heterocycles. The lowest BCUT2D eigenvalue weighted by Gasteiger charge is -2.15. The van der Waals surface area contributed by atoms with Crippen LogP contribution in [0.25, 0.3) is 11.0 Å². The maximum atomic E-state index is 13.4. The quantitative estimate of drug-likeness (QED) is 0.357. The van der Waals surface area contributed by atoms with E-state index in [1.807, 2.05) is 0 Å². The van der Waals surface area contributed by atoms with Gasteiger partial charge in [-0.05, 0) is 13.0 Å². The third-order valence-corrected chi connectivity index (χ3v) is 5.49. The van der Waals surface area contributed by atoms with Gasteiger partial charge in [-0.1, -0.05) is 31.2 Å². The lowest BCUT2D eigenvalue weighted by atomic mass is 10.2. The lowest BCUT2D eigenvalue weighted by molar-refractivity contribution is -0.136. The summed E-state index contributed by atoms with van der Waals surface area (Å²) in [5, 5.41) is -0.0151. The van der Waals surface area contributed by atoms with Gasteiger partial charge in [0.05, 0.1) is 17.6 Å². The summed E-state index contributed by atoms with van der Waals surface area (Å²) in [6, 6.07) is 2.23. The van der Waals surface area contributed by atoms with E-state index in [0.717, 1.165) is 12.2 Å². The van der Waals surface area contributed by atoms with Crippen molar-refractivity contribution in [1.29, 1.82) is 0 Å². The molecule has 0 aromatic carbocycles. The van der Waals surface area contributed by atoms with E-state index in [0.29, 0.717) is 6.61 Å². The zero-order valence-corrected chi connectivity index (χ0v) is 16.5. The highest BCUT2D eigenvalue weighted by Crippen LogP contribution is 2.40. The highest BCUT2D eigenvalue weighted by molar-refractivity contribution is 6.76. The third-order valence-electron chi connectivity index (χ3n) is 3.59. The van der Waals surface area contributed by atoms with E-state index in [9.17, 15) is 13.2 Å². The van der Waals surface area contributed by atoms with E-state index < -0.39 is 19.8 Å². The molecule has 0 N–H and O–H groups in total. The molecular weight excluding hydrogens is 373 g/mol. The Bertz CT molecular complexity index is 742. The molecule has 0 spiro atoms. The predicted octanol–water partition coefficient (Wildman–Crippen LogP) is 5.42. The number of nitrogens with zero attached hydrogens (tertiary/aromatic N) is 2. The summed E-state index contributed by atoms with van der Waals surface area (Å²) in [6.45, 7) is 9.02. The molecule has 140 valence electrons. The smallest absolute Gasteiger partial charge is 0.418 e. The maximum absolute atomic E-state index is 13.4. The molecule has 9 heteroatoms. The van der Waals surface area contributed by atoms with Gasteiger partial charge in [-0.15, -0.1) is 0 Å². The monoisotopic (exact) mass is 394 g/mol. The van der Waals surface area contributed by atoms with Crippen molar-refractivity contribution in [3.63, 3.8) is 0 Å². The van der Waals surface area contributed by atoms with Crippen molar-refractivity contribution in [2.24, 2.45) is 0 Å². The molecule has 25 heavy (non-hydrogen) atoms. The van der Waals surface area contributed by atoms with Gasteiger partial charge in [-0.3, -0.25) is 0 Å². The molecule has 2 aromatic rings. The first-order valence-electron chi connectivity index (χ1n) is 8.00. The van der Waals surface area contributed by atoms with Crippen molar-refractivity contribution in [2.45, 2.75) is 45.5 Å². The standard InChI is InChI=1S/C16H22ClF3N2O2Si/c1-5-24-12-8-13(17)21-15-14(12)11(16(18,19)20)9-22(15)10-23-6-7-25(2,3)4/h8-9H,5-7,10H2,1-4H3. The van der Waals surface area contributed by atoms with Crippen LogP contribution in [0, 0.1) is 0 Å². The van der Waals surface area contributed by atoms with Gasteiger partial charge in [-0.2, -0.15) is 13.2 Å². The van der Waals surface area contributed by atoms with E-state index in [1.54, 1.807) is 6.92 Å². The van der Waals surface area contributed by atoms with Crippen LogP contribution in [0.3, 0.4) is 0 Å². The molecule has 4 nitrogen and oxygen atoms in total. The first kappa shape index (κ1) is 20.1. The normalized spacial score (nSPS) is 12.8. The van der Waals surface area contributed by atoms with Crippen LogP contribution in [0.4, 0.5) is 13.2 Å². The Hall–Kier alpha value is -1.25. The Morgan fingerprint density at radius 2 is 1.96 bits per heavy atom. The zero-order chi connectivity index (χ0) is 18.8. The summed E-state index contributed by atoms with van der Waals surface area (Å²) in [5.74, 6) is 0.0747. The van der Waals surface area contributed by atoms with Gasteiger partial charge >= 0.3 is 6.18 Å². The van der Waals surface area contributed by atoms with Gasteiger partial charge in [0.1, 0.15) is 23.3 Å². The topological polar surface area (TPSA) is 36.3 Å². The van der Waals surface area contributed by atoms with Crippen LogP contribution in [-0.2, 0) is 17.6 Å². The van der Waals surface area contributed by atoms with Crippen LogP contribution >= 0.6 is 11.6 Å². The Labute approximate surface area is 150 Å². The highest BCUT2D eigenvalue weighted by Gasteiger charge is 2.36. The number of hydrogen-bond donors (Lipinski definition) is 0. The number of pyridine rings is 1. The van der Waals surface area contributed by atoms with Crippen molar-refractivity contribution < 1.29 is 22.6 Å². The minimum Gasteiger partial charge on any atom is -0.493 e. The largest absolute Gasteiger partial charge is 0.493 e. The molecule has 0 aliphatic carbocycles. The maximum Gasteiger partial charge on any atom is 0.418 e. The molecule has 0 bridgehead atoms. The Morgan fingerprint density at radius 3 is 2.52 bits per heavy atom. The molecule has 0 fully saturated rings. The van der Waals surface area contributed by atoms with Gasteiger partial charge in [0, 0.05) is 26.9 Å². The van der Waals surface area contributed by atoms with Crippen molar-refractivity contribution in [1.82, 2.24) is 9.55 Å². The second-order valence-electron chi connectivity index (χ2n) is 6.93. The summed E-state index contributed by atoms with van der Waals surface area (Å²) >= 11 is 5.96. The van der Waals surface area contributed by atoms with Crippen molar-refractivity contribution >= 4 is 30.7 Å². The molecule has 2 rings (SSSR count). The Balaban J connectivity index is 2.40. The Kier molecular flexibility index (Phi) is 6.06. The molecule has 0 saturated carbocycles. The zero-order valence-electron chi connectivity index (χ0n) is 14.7. The van der Waals surface area contributed by atoms with Crippen molar-refractivity contribution in [3.05, 3.63) is 23.0 Å². The fourth-order valence-electron chi connectivity index (χ4n) is 2.35. The average Bonchev–Trinajstić information content (AvgIpc) is 2.82. The number of halogens is 4. The van der Waals surface area contributed by atoms with Gasteiger partial charge in [0.15, 0.2) is 0 Å². The van der Waals surface area contributed by atoms with Crippen LogP contribution in [0.15, 0.2) is 12.3 Å². The first-order chi connectivity index (χ1) is 11.5. The number of ether oxygens (including phenoxy) is 2. The average molecular weight is 395 g/mol. The summed E-state index contributed by atoms with van der Waals surface area (Å²) in [7, 11) is -1.27. The predicted molar refractivity (Wildman–Crippen MR) is 95.0 cm³/mol. The Morgan fingerprint density at radius 1 is 1.28 bits per heavy atom. The minimum absolute atomic E-state index is 0.0179. The number of rotatable bonds is 7. The van der Waals surface area contributed by atoms with Crippen LogP contribution in [-0.4, -0.2) is 30.8 Å². The van der Waals surface area contributed by atoms with Crippen molar-refractivity contribution in [3.8, 4) is 5.75 Å². The summed E-state index contributed by atoms with van der Waals surface area (Å²) < 4.78 is 52.5. The highest BCUT2D eigenvalue weighted by atomic mass is 35.5. The molecule has 0 atom stereocenters. The van der Waals surface area contributed by atoms with Crippen molar-refractivity contribution in [2.75, 3.05) is 13.2 Å². The SMILES string of the molecule is CCOc1cc(Cl)nc2c1c(C(F)(F)F)cn2COCC[Si](C)(C)C. The van der Waals surface area contributed by atoms with E-state index in [-0.39, 0.29) is 35.3 Å². The number of fused-ring (bicyclic) bond motifs is 1. The van der Waals surface area contributed by atoms with E-state index in [1.165, 1.54) is 10.6 Å². The minimum atomic E-state index is -4.52. The molecule has 0 radical (unpaired) electrons. The van der Waals surface area contributed by atoms with Gasteiger partial charge in [0.25, 0.3) is 0 Å². The summed E-state index contributed by atoms with van der Waals surface area (Å²) in [4.78, 5) is 4.06. The van der Waals surface area contributed by atoms with E-state index in [2.05, 4.69) is 24.6 Å². The second kappa shape index (κ2) is 7.55.